The molecule has 2 rings (SSSR count). The van der Waals surface area contributed by atoms with Crippen LogP contribution in [0.5, 0.6) is 0 Å². The van der Waals surface area contributed by atoms with Crippen molar-refractivity contribution in [2.75, 3.05) is 5.32 Å². The molecule has 0 aliphatic heterocycles. The van der Waals surface area contributed by atoms with Gasteiger partial charge in [-0.2, -0.15) is 16.6 Å². The van der Waals surface area contributed by atoms with E-state index in [1.165, 1.54) is 0 Å². The van der Waals surface area contributed by atoms with E-state index in [1.54, 1.807) is 11.3 Å². The van der Waals surface area contributed by atoms with E-state index >= 15 is 0 Å². The van der Waals surface area contributed by atoms with Gasteiger partial charge in [0, 0.05) is 10.2 Å². The van der Waals surface area contributed by atoms with E-state index in [0.29, 0.717) is 0 Å². The zero-order chi connectivity index (χ0) is 11.4. The first-order chi connectivity index (χ1) is 7.81. The molecule has 80 valence electrons. The third-order valence-corrected chi connectivity index (χ3v) is 3.57. The van der Waals surface area contributed by atoms with Crippen LogP contribution in [0.2, 0.25) is 0 Å². The lowest BCUT2D eigenvalue weighted by atomic mass is 10.1. The van der Waals surface area contributed by atoms with Crippen molar-refractivity contribution in [3.8, 4) is 6.07 Å². The van der Waals surface area contributed by atoms with Crippen molar-refractivity contribution < 1.29 is 0 Å². The first kappa shape index (κ1) is 11.2. The predicted molar refractivity (Wildman–Crippen MR) is 70.4 cm³/mol. The molecular weight excluding hydrogens is 284 g/mol. The van der Waals surface area contributed by atoms with E-state index in [4.69, 9.17) is 5.26 Å². The van der Waals surface area contributed by atoms with Crippen molar-refractivity contribution in [1.29, 1.82) is 5.26 Å². The molecule has 0 radical (unpaired) electrons. The van der Waals surface area contributed by atoms with Crippen LogP contribution >= 0.6 is 27.3 Å². The highest BCUT2D eigenvalue weighted by Crippen LogP contribution is 2.26. The molecule has 0 spiro atoms. The molecule has 0 aliphatic carbocycles. The molecule has 1 unspecified atom stereocenters. The Morgan fingerprint density at radius 2 is 2.12 bits per heavy atom. The first-order valence-corrected chi connectivity index (χ1v) is 6.47. The summed E-state index contributed by atoms with van der Waals surface area (Å²) in [6.45, 7) is 0. The van der Waals surface area contributed by atoms with Crippen LogP contribution in [0.15, 0.2) is 45.6 Å². The van der Waals surface area contributed by atoms with Gasteiger partial charge in [-0.1, -0.05) is 12.1 Å². The standard InChI is InChI=1S/C12H9BrN2S/c13-10-3-1-2-4-11(10)15-12(7-14)9-5-6-16-8-9/h1-6,8,12,15H. The molecule has 4 heteroatoms. The fraction of sp³-hybridized carbons (Fsp3) is 0.0833. The number of anilines is 1. The van der Waals surface area contributed by atoms with Gasteiger partial charge in [0.2, 0.25) is 0 Å². The minimum atomic E-state index is -0.301. The average Bonchev–Trinajstić information content (AvgIpc) is 2.81. The Morgan fingerprint density at radius 1 is 1.31 bits per heavy atom. The normalized spacial score (nSPS) is 11.8. The molecule has 2 nitrogen and oxygen atoms in total. The summed E-state index contributed by atoms with van der Waals surface area (Å²) in [4.78, 5) is 0. The smallest absolute Gasteiger partial charge is 0.141 e. The Kier molecular flexibility index (Phi) is 3.60. The van der Waals surface area contributed by atoms with Crippen molar-refractivity contribution >= 4 is 33.0 Å². The van der Waals surface area contributed by atoms with Crippen LogP contribution in [-0.2, 0) is 0 Å². The molecule has 0 saturated heterocycles. The summed E-state index contributed by atoms with van der Waals surface area (Å²) >= 11 is 5.04. The lowest BCUT2D eigenvalue weighted by molar-refractivity contribution is 1.00. The number of hydrogen-bond acceptors (Lipinski definition) is 3. The minimum absolute atomic E-state index is 0.301. The summed E-state index contributed by atoms with van der Waals surface area (Å²) in [5.74, 6) is 0. The third kappa shape index (κ3) is 2.43. The summed E-state index contributed by atoms with van der Waals surface area (Å²) in [5.41, 5.74) is 1.93. The van der Waals surface area contributed by atoms with Gasteiger partial charge >= 0.3 is 0 Å². The predicted octanol–water partition coefficient (Wildman–Crippen LogP) is 4.19. The number of para-hydroxylation sites is 1. The van der Waals surface area contributed by atoms with E-state index in [2.05, 4.69) is 27.3 Å². The van der Waals surface area contributed by atoms with E-state index in [1.807, 2.05) is 41.1 Å². The number of hydrogen-bond donors (Lipinski definition) is 1. The van der Waals surface area contributed by atoms with Gasteiger partial charge in [-0.3, -0.25) is 0 Å². The van der Waals surface area contributed by atoms with Crippen LogP contribution in [0.4, 0.5) is 5.69 Å². The second kappa shape index (κ2) is 5.15. The number of nitrogens with one attached hydrogen (secondary N) is 1. The van der Waals surface area contributed by atoms with Gasteiger partial charge in [0.1, 0.15) is 6.04 Å². The van der Waals surface area contributed by atoms with Crippen molar-refractivity contribution in [3.63, 3.8) is 0 Å². The van der Waals surface area contributed by atoms with Crippen LogP contribution in [0, 0.1) is 11.3 Å². The molecule has 0 amide bonds. The van der Waals surface area contributed by atoms with Crippen LogP contribution in [0.25, 0.3) is 0 Å². The van der Waals surface area contributed by atoms with E-state index in [0.717, 1.165) is 15.7 Å². The topological polar surface area (TPSA) is 35.8 Å². The van der Waals surface area contributed by atoms with Gasteiger partial charge in [0.15, 0.2) is 0 Å². The maximum atomic E-state index is 9.13. The molecule has 0 aliphatic rings. The Labute approximate surface area is 107 Å². The van der Waals surface area contributed by atoms with Gasteiger partial charge in [-0.05, 0) is 50.5 Å². The molecule has 0 saturated carbocycles. The van der Waals surface area contributed by atoms with Gasteiger partial charge < -0.3 is 5.32 Å². The summed E-state index contributed by atoms with van der Waals surface area (Å²) in [5, 5.41) is 16.3. The monoisotopic (exact) mass is 292 g/mol. The zero-order valence-corrected chi connectivity index (χ0v) is 10.8. The molecule has 1 heterocycles. The number of rotatable bonds is 3. The Morgan fingerprint density at radius 3 is 2.75 bits per heavy atom. The van der Waals surface area contributed by atoms with Crippen LogP contribution in [0.3, 0.4) is 0 Å². The van der Waals surface area contributed by atoms with Crippen LogP contribution in [0.1, 0.15) is 11.6 Å². The maximum absolute atomic E-state index is 9.13. The quantitative estimate of drug-likeness (QED) is 0.921. The van der Waals surface area contributed by atoms with E-state index in [9.17, 15) is 0 Å². The highest BCUT2D eigenvalue weighted by molar-refractivity contribution is 9.10. The first-order valence-electron chi connectivity index (χ1n) is 4.74. The molecule has 1 aromatic carbocycles. The molecule has 16 heavy (non-hydrogen) atoms. The molecule has 0 bridgehead atoms. The second-order valence-corrected chi connectivity index (χ2v) is 4.88. The third-order valence-electron chi connectivity index (χ3n) is 2.18. The highest BCUT2D eigenvalue weighted by Gasteiger charge is 2.11. The zero-order valence-electron chi connectivity index (χ0n) is 8.35. The number of thiophene rings is 1. The Balaban J connectivity index is 2.21. The van der Waals surface area contributed by atoms with E-state index in [-0.39, 0.29) is 6.04 Å². The largest absolute Gasteiger partial charge is 0.365 e. The van der Waals surface area contributed by atoms with Crippen molar-refractivity contribution in [2.24, 2.45) is 0 Å². The summed E-state index contributed by atoms with van der Waals surface area (Å²) in [6, 6.07) is 11.7. The minimum Gasteiger partial charge on any atom is -0.365 e. The number of halogens is 1. The highest BCUT2D eigenvalue weighted by atomic mass is 79.9. The van der Waals surface area contributed by atoms with Crippen LogP contribution in [-0.4, -0.2) is 0 Å². The van der Waals surface area contributed by atoms with Crippen molar-refractivity contribution in [1.82, 2.24) is 0 Å². The van der Waals surface area contributed by atoms with Gasteiger partial charge in [0.05, 0.1) is 6.07 Å². The molecule has 1 N–H and O–H groups in total. The number of nitriles is 1. The SMILES string of the molecule is N#CC(Nc1ccccc1Br)c1ccsc1. The van der Waals surface area contributed by atoms with E-state index < -0.39 is 0 Å². The average molecular weight is 293 g/mol. The fourth-order valence-electron chi connectivity index (χ4n) is 1.36. The molecule has 1 aromatic heterocycles. The molecule has 0 fully saturated rings. The maximum Gasteiger partial charge on any atom is 0.141 e. The molecule has 2 aromatic rings. The van der Waals surface area contributed by atoms with Crippen LogP contribution < -0.4 is 5.32 Å². The fourth-order valence-corrected chi connectivity index (χ4v) is 2.45. The Hall–Kier alpha value is -1.31. The molecule has 1 atom stereocenters. The molecular formula is C12H9BrN2S. The summed E-state index contributed by atoms with van der Waals surface area (Å²) in [7, 11) is 0. The second-order valence-electron chi connectivity index (χ2n) is 3.24. The summed E-state index contributed by atoms with van der Waals surface area (Å²) < 4.78 is 0.963. The van der Waals surface area contributed by atoms with Crippen molar-refractivity contribution in [3.05, 3.63) is 51.1 Å². The number of benzene rings is 1. The van der Waals surface area contributed by atoms with Gasteiger partial charge in [-0.15, -0.1) is 0 Å². The number of nitrogens with zero attached hydrogens (tertiary/aromatic N) is 1. The lowest BCUT2D eigenvalue weighted by Gasteiger charge is -2.12. The Bertz CT molecular complexity index is 502. The summed E-state index contributed by atoms with van der Waals surface area (Å²) in [6.07, 6.45) is 0. The lowest BCUT2D eigenvalue weighted by Crippen LogP contribution is -2.07. The van der Waals surface area contributed by atoms with Crippen molar-refractivity contribution in [2.45, 2.75) is 6.04 Å². The van der Waals surface area contributed by atoms with Gasteiger partial charge in [0.25, 0.3) is 0 Å². The van der Waals surface area contributed by atoms with Gasteiger partial charge in [-0.25, -0.2) is 0 Å².